The van der Waals surface area contributed by atoms with Crippen LogP contribution in [0.2, 0.25) is 0 Å². The Morgan fingerprint density at radius 2 is 1.63 bits per heavy atom. The summed E-state index contributed by atoms with van der Waals surface area (Å²) in [6.45, 7) is 9.23. The second kappa shape index (κ2) is 12.8. The predicted octanol–water partition coefficient (Wildman–Crippen LogP) is 6.79. The van der Waals surface area contributed by atoms with Gasteiger partial charge >= 0.3 is 0 Å². The first kappa shape index (κ1) is 30.0. The monoisotopic (exact) mass is 585 g/mol. The fourth-order valence-electron chi connectivity index (χ4n) is 5.75. The minimum Gasteiger partial charge on any atom is -0.493 e. The maximum Gasteiger partial charge on any atom is 0.290 e. The Morgan fingerprint density at radius 1 is 0.860 bits per heavy atom. The maximum absolute atomic E-state index is 14.2. The average molecular weight is 586 g/mol. The second-order valence-electron chi connectivity index (χ2n) is 10.8. The van der Waals surface area contributed by atoms with Crippen molar-refractivity contribution < 1.29 is 28.2 Å². The first-order chi connectivity index (χ1) is 20.8. The van der Waals surface area contributed by atoms with E-state index in [1.165, 1.54) is 0 Å². The SMILES string of the molecule is CCCCOc1ccc(C2c3c(oc4c(C)cc(C)cc4c3=O)C(=O)N2CCc2ccc(OC)c(OC)c2)cc1OCC. The highest BCUT2D eigenvalue weighted by atomic mass is 16.5. The quantitative estimate of drug-likeness (QED) is 0.169. The number of fused-ring (bicyclic) bond motifs is 2. The summed E-state index contributed by atoms with van der Waals surface area (Å²) in [5.74, 6) is 2.22. The molecule has 0 saturated heterocycles. The molecule has 1 unspecified atom stereocenters. The van der Waals surface area contributed by atoms with Crippen LogP contribution in [0.4, 0.5) is 0 Å². The molecule has 4 aromatic rings. The molecule has 1 amide bonds. The highest BCUT2D eigenvalue weighted by Crippen LogP contribution is 2.42. The third-order valence-electron chi connectivity index (χ3n) is 7.83. The van der Waals surface area contributed by atoms with Crippen LogP contribution in [0.15, 0.2) is 57.7 Å². The van der Waals surface area contributed by atoms with Gasteiger partial charge in [-0.25, -0.2) is 0 Å². The topological polar surface area (TPSA) is 87.4 Å². The second-order valence-corrected chi connectivity index (χ2v) is 10.8. The number of nitrogens with zero attached hydrogens (tertiary/aromatic N) is 1. The van der Waals surface area contributed by atoms with Crippen molar-refractivity contribution in [3.05, 3.63) is 92.3 Å². The zero-order valence-electron chi connectivity index (χ0n) is 25.7. The minimum absolute atomic E-state index is 0.0861. The lowest BCUT2D eigenvalue weighted by atomic mass is 9.96. The smallest absolute Gasteiger partial charge is 0.290 e. The summed E-state index contributed by atoms with van der Waals surface area (Å²) >= 11 is 0. The molecule has 0 N–H and O–H groups in total. The van der Waals surface area contributed by atoms with Gasteiger partial charge in [0.2, 0.25) is 5.76 Å². The van der Waals surface area contributed by atoms with Crippen molar-refractivity contribution in [2.24, 2.45) is 0 Å². The van der Waals surface area contributed by atoms with Crippen molar-refractivity contribution in [2.75, 3.05) is 34.0 Å². The lowest BCUT2D eigenvalue weighted by Gasteiger charge is -2.26. The van der Waals surface area contributed by atoms with Gasteiger partial charge in [0.15, 0.2) is 28.4 Å². The molecule has 226 valence electrons. The van der Waals surface area contributed by atoms with Gasteiger partial charge in [-0.2, -0.15) is 0 Å². The van der Waals surface area contributed by atoms with Gasteiger partial charge in [0.25, 0.3) is 5.91 Å². The third kappa shape index (κ3) is 5.78. The van der Waals surface area contributed by atoms with Crippen molar-refractivity contribution in [2.45, 2.75) is 53.0 Å². The Bertz CT molecular complexity index is 1710. The molecule has 0 aliphatic carbocycles. The molecule has 43 heavy (non-hydrogen) atoms. The highest BCUT2D eigenvalue weighted by Gasteiger charge is 2.43. The lowest BCUT2D eigenvalue weighted by Crippen LogP contribution is -2.31. The molecule has 8 nitrogen and oxygen atoms in total. The summed E-state index contributed by atoms with van der Waals surface area (Å²) in [6.07, 6.45) is 2.47. The summed E-state index contributed by atoms with van der Waals surface area (Å²) < 4.78 is 29.1. The molecule has 0 saturated carbocycles. The molecule has 3 aromatic carbocycles. The van der Waals surface area contributed by atoms with Crippen LogP contribution in [0.3, 0.4) is 0 Å². The van der Waals surface area contributed by atoms with Crippen molar-refractivity contribution in [3.8, 4) is 23.0 Å². The van der Waals surface area contributed by atoms with Gasteiger partial charge in [-0.1, -0.05) is 31.5 Å². The molecule has 0 spiro atoms. The van der Waals surface area contributed by atoms with Crippen LogP contribution in [-0.2, 0) is 6.42 Å². The molecule has 0 bridgehead atoms. The summed E-state index contributed by atoms with van der Waals surface area (Å²) in [6, 6.07) is 14.5. The number of carbonyl (C=O) groups excluding carboxylic acids is 1. The largest absolute Gasteiger partial charge is 0.493 e. The number of methoxy groups -OCH3 is 2. The van der Waals surface area contributed by atoms with E-state index in [0.29, 0.717) is 65.7 Å². The van der Waals surface area contributed by atoms with E-state index in [1.807, 2.05) is 69.3 Å². The van der Waals surface area contributed by atoms with Gasteiger partial charge in [0.05, 0.1) is 44.4 Å². The number of unbranched alkanes of at least 4 members (excludes halogenated alkanes) is 1. The van der Waals surface area contributed by atoms with Crippen molar-refractivity contribution in [1.82, 2.24) is 4.90 Å². The summed E-state index contributed by atoms with van der Waals surface area (Å²) in [4.78, 5) is 29.9. The Labute approximate surface area is 252 Å². The third-order valence-corrected chi connectivity index (χ3v) is 7.83. The summed E-state index contributed by atoms with van der Waals surface area (Å²) in [5, 5.41) is 0.473. The van der Waals surface area contributed by atoms with Gasteiger partial charge < -0.3 is 28.3 Å². The molecule has 2 heterocycles. The Hall–Kier alpha value is -4.46. The number of aryl methyl sites for hydroxylation is 2. The average Bonchev–Trinajstić information content (AvgIpc) is 3.28. The van der Waals surface area contributed by atoms with E-state index in [-0.39, 0.29) is 17.1 Å². The van der Waals surface area contributed by atoms with E-state index in [1.54, 1.807) is 19.1 Å². The molecular weight excluding hydrogens is 546 g/mol. The van der Waals surface area contributed by atoms with Crippen LogP contribution in [0.5, 0.6) is 23.0 Å². The minimum atomic E-state index is -0.659. The number of ether oxygens (including phenoxy) is 4. The van der Waals surface area contributed by atoms with E-state index < -0.39 is 6.04 Å². The van der Waals surface area contributed by atoms with Gasteiger partial charge in [0.1, 0.15) is 5.58 Å². The van der Waals surface area contributed by atoms with Gasteiger partial charge in [-0.05, 0) is 86.2 Å². The van der Waals surface area contributed by atoms with E-state index >= 15 is 0 Å². The van der Waals surface area contributed by atoms with Crippen molar-refractivity contribution in [3.63, 3.8) is 0 Å². The molecule has 1 aromatic heterocycles. The van der Waals surface area contributed by atoms with Crippen LogP contribution < -0.4 is 24.4 Å². The van der Waals surface area contributed by atoms with Gasteiger partial charge in [-0.3, -0.25) is 9.59 Å². The number of amides is 1. The molecule has 5 rings (SSSR count). The number of benzene rings is 3. The van der Waals surface area contributed by atoms with Crippen molar-refractivity contribution in [1.29, 1.82) is 0 Å². The molecule has 0 fully saturated rings. The fourth-order valence-corrected chi connectivity index (χ4v) is 5.75. The van der Waals surface area contributed by atoms with E-state index in [9.17, 15) is 9.59 Å². The van der Waals surface area contributed by atoms with E-state index in [2.05, 4.69) is 6.92 Å². The van der Waals surface area contributed by atoms with Crippen LogP contribution in [-0.4, -0.2) is 44.8 Å². The molecular formula is C35H39NO7. The van der Waals surface area contributed by atoms with E-state index in [0.717, 1.165) is 35.1 Å². The fraction of sp³-hybridized carbons (Fsp3) is 0.371. The highest BCUT2D eigenvalue weighted by molar-refractivity contribution is 5.99. The van der Waals surface area contributed by atoms with E-state index in [4.69, 9.17) is 23.4 Å². The first-order valence-electron chi connectivity index (χ1n) is 14.8. The van der Waals surface area contributed by atoms with Crippen LogP contribution in [0.1, 0.15) is 71.1 Å². The zero-order valence-corrected chi connectivity index (χ0v) is 25.7. The molecule has 1 aliphatic heterocycles. The molecule has 0 radical (unpaired) electrons. The Morgan fingerprint density at radius 3 is 2.35 bits per heavy atom. The normalized spacial score (nSPS) is 14.2. The maximum atomic E-state index is 14.2. The number of rotatable bonds is 12. The zero-order chi connectivity index (χ0) is 30.7. The predicted molar refractivity (Wildman–Crippen MR) is 166 cm³/mol. The number of hydrogen-bond donors (Lipinski definition) is 0. The van der Waals surface area contributed by atoms with Crippen LogP contribution in [0, 0.1) is 13.8 Å². The van der Waals surface area contributed by atoms with Crippen LogP contribution >= 0.6 is 0 Å². The van der Waals surface area contributed by atoms with Gasteiger partial charge in [-0.15, -0.1) is 0 Å². The number of carbonyl (C=O) groups is 1. The number of hydrogen-bond acceptors (Lipinski definition) is 7. The molecule has 8 heteroatoms. The molecule has 1 aliphatic rings. The lowest BCUT2D eigenvalue weighted by molar-refractivity contribution is 0.0729. The Balaban J connectivity index is 1.61. The Kier molecular flexibility index (Phi) is 8.94. The standard InChI is InChI=1S/C35H39NO7/c1-7-9-16-42-27-13-11-24(20-29(27)41-8-2)31-30-32(37)25-18-21(3)17-22(4)33(25)43-34(30)35(38)36(31)15-14-23-10-12-26(39-5)28(19-23)40-6/h10-13,17-20,31H,7-9,14-16H2,1-6H3. The first-order valence-corrected chi connectivity index (χ1v) is 14.8. The molecule has 1 atom stereocenters. The van der Waals surface area contributed by atoms with Crippen molar-refractivity contribution >= 4 is 16.9 Å². The van der Waals surface area contributed by atoms with Gasteiger partial charge in [0, 0.05) is 6.54 Å². The summed E-state index contributed by atoms with van der Waals surface area (Å²) in [7, 11) is 3.19. The van der Waals surface area contributed by atoms with Crippen LogP contribution in [0.25, 0.3) is 11.0 Å². The summed E-state index contributed by atoms with van der Waals surface area (Å²) in [5.41, 5.74) is 4.07.